The van der Waals surface area contributed by atoms with Crippen LogP contribution in [0.25, 0.3) is 0 Å². The molecule has 0 bridgehead atoms. The summed E-state index contributed by atoms with van der Waals surface area (Å²) in [5.74, 6) is -0.616. The maximum Gasteiger partial charge on any atom is 0.267 e. The lowest BCUT2D eigenvalue weighted by molar-refractivity contribution is 0.0691. The van der Waals surface area contributed by atoms with Crippen LogP contribution in [-0.4, -0.2) is 40.8 Å². The number of carbonyl (C=O) groups excluding carboxylic acids is 2. The number of thiophene rings is 1. The van der Waals surface area contributed by atoms with E-state index in [-0.39, 0.29) is 35.5 Å². The molecule has 1 saturated heterocycles. The molecule has 3 N–H and O–H groups in total. The number of primary amides is 1. The average Bonchev–Trinajstić information content (AvgIpc) is 3.08. The van der Waals surface area contributed by atoms with Gasteiger partial charge in [-0.05, 0) is 72.3 Å². The zero-order valence-electron chi connectivity index (χ0n) is 14.9. The number of halogens is 1. The fraction of sp³-hybridized carbons (Fsp3) is 0.421. The minimum atomic E-state index is -0.588. The van der Waals surface area contributed by atoms with Crippen molar-refractivity contribution in [3.8, 4) is 0 Å². The van der Waals surface area contributed by atoms with Gasteiger partial charge in [0.05, 0.1) is 5.56 Å². The second kappa shape index (κ2) is 7.96. The van der Waals surface area contributed by atoms with Gasteiger partial charge in [0.2, 0.25) is 0 Å². The number of hydrogen-bond acceptors (Lipinski definition) is 5. The van der Waals surface area contributed by atoms with Crippen LogP contribution in [0.15, 0.2) is 35.2 Å². The summed E-state index contributed by atoms with van der Waals surface area (Å²) in [6.45, 7) is 2.65. The molecule has 8 heteroatoms. The van der Waals surface area contributed by atoms with Gasteiger partial charge in [-0.25, -0.2) is 0 Å². The van der Waals surface area contributed by atoms with Gasteiger partial charge in [0.1, 0.15) is 5.69 Å². The van der Waals surface area contributed by atoms with E-state index in [9.17, 15) is 9.59 Å². The van der Waals surface area contributed by atoms with Crippen molar-refractivity contribution in [1.82, 2.24) is 15.2 Å². The Kier molecular flexibility index (Phi) is 5.83. The first-order valence-corrected chi connectivity index (χ1v) is 9.82. The number of nitrogens with zero attached hydrogens (tertiary/aromatic N) is 2. The summed E-state index contributed by atoms with van der Waals surface area (Å²) in [7, 11) is 0. The van der Waals surface area contributed by atoms with Crippen molar-refractivity contribution >= 4 is 35.6 Å². The van der Waals surface area contributed by atoms with Crippen molar-refractivity contribution in [2.24, 2.45) is 11.1 Å². The van der Waals surface area contributed by atoms with Crippen LogP contribution in [0.1, 0.15) is 45.7 Å². The molecule has 1 atom stereocenters. The van der Waals surface area contributed by atoms with E-state index in [0.29, 0.717) is 12.1 Å². The number of amides is 2. The molecule has 4 rings (SSSR count). The van der Waals surface area contributed by atoms with E-state index in [1.54, 1.807) is 17.4 Å². The molecule has 2 aromatic heterocycles. The second-order valence-corrected chi connectivity index (χ2v) is 7.97. The highest BCUT2D eigenvalue weighted by molar-refractivity contribution is 7.07. The summed E-state index contributed by atoms with van der Waals surface area (Å²) in [5.41, 5.74) is 7.33. The number of piperidine rings is 1. The molecular formula is C19H23ClN4O2S. The zero-order chi connectivity index (χ0) is 18.1. The Hall–Kier alpha value is -1.96. The molecule has 144 valence electrons. The number of rotatable bonds is 5. The van der Waals surface area contributed by atoms with Gasteiger partial charge in [-0.15, -0.1) is 12.4 Å². The first-order chi connectivity index (χ1) is 12.6. The van der Waals surface area contributed by atoms with Crippen molar-refractivity contribution in [2.75, 3.05) is 13.1 Å². The van der Waals surface area contributed by atoms with Crippen molar-refractivity contribution in [3.05, 3.63) is 52.0 Å². The topological polar surface area (TPSA) is 88.3 Å². The Bertz CT molecular complexity index is 804. The normalized spacial score (nSPS) is 19.9. The van der Waals surface area contributed by atoms with Gasteiger partial charge in [-0.1, -0.05) is 0 Å². The van der Waals surface area contributed by atoms with E-state index < -0.39 is 5.91 Å². The molecule has 3 heterocycles. The smallest absolute Gasteiger partial charge is 0.267 e. The number of nitrogens with one attached hydrogen (secondary N) is 1. The van der Waals surface area contributed by atoms with E-state index in [4.69, 9.17) is 5.73 Å². The molecule has 1 aliphatic heterocycles. The summed E-state index contributed by atoms with van der Waals surface area (Å²) in [4.78, 5) is 30.5. The Morgan fingerprint density at radius 2 is 2.07 bits per heavy atom. The van der Waals surface area contributed by atoms with Crippen molar-refractivity contribution < 1.29 is 9.59 Å². The summed E-state index contributed by atoms with van der Waals surface area (Å²) >= 11 is 1.64. The maximum absolute atomic E-state index is 13.2. The summed E-state index contributed by atoms with van der Waals surface area (Å²) < 4.78 is 0. The Balaban J connectivity index is 0.00000210. The molecule has 27 heavy (non-hydrogen) atoms. The monoisotopic (exact) mass is 406 g/mol. The molecule has 1 aliphatic carbocycles. The lowest BCUT2D eigenvalue weighted by Crippen LogP contribution is -2.39. The second-order valence-electron chi connectivity index (χ2n) is 7.19. The summed E-state index contributed by atoms with van der Waals surface area (Å²) in [6.07, 6.45) is 4.76. The van der Waals surface area contributed by atoms with Crippen LogP contribution in [-0.2, 0) is 6.54 Å². The third-order valence-corrected chi connectivity index (χ3v) is 6.31. The van der Waals surface area contributed by atoms with Crippen LogP contribution in [0.5, 0.6) is 0 Å². The highest BCUT2D eigenvalue weighted by atomic mass is 35.5. The average molecular weight is 407 g/mol. The summed E-state index contributed by atoms with van der Waals surface area (Å²) in [6, 6.07) is 5.50. The van der Waals surface area contributed by atoms with Crippen LogP contribution in [0.3, 0.4) is 0 Å². The largest absolute Gasteiger partial charge is 0.364 e. The lowest BCUT2D eigenvalue weighted by Gasteiger charge is -2.29. The van der Waals surface area contributed by atoms with Crippen LogP contribution in [0.4, 0.5) is 0 Å². The zero-order valence-corrected chi connectivity index (χ0v) is 16.5. The molecule has 2 aliphatic rings. The fourth-order valence-electron chi connectivity index (χ4n) is 3.96. The number of hydrogen-bond donors (Lipinski definition) is 2. The molecule has 6 nitrogen and oxygen atoms in total. The van der Waals surface area contributed by atoms with E-state index >= 15 is 0 Å². The first kappa shape index (κ1) is 19.8. The van der Waals surface area contributed by atoms with E-state index in [1.165, 1.54) is 12.3 Å². The molecule has 2 fully saturated rings. The number of pyridine rings is 1. The molecule has 0 radical (unpaired) electrons. The van der Waals surface area contributed by atoms with Crippen LogP contribution >= 0.6 is 23.7 Å². The van der Waals surface area contributed by atoms with E-state index in [2.05, 4.69) is 21.7 Å². The third-order valence-electron chi connectivity index (χ3n) is 5.58. The third kappa shape index (κ3) is 4.00. The van der Waals surface area contributed by atoms with Gasteiger partial charge in [-0.3, -0.25) is 14.6 Å². The van der Waals surface area contributed by atoms with Gasteiger partial charge in [0, 0.05) is 18.8 Å². The maximum atomic E-state index is 13.2. The van der Waals surface area contributed by atoms with Crippen LogP contribution < -0.4 is 11.1 Å². The number of aromatic nitrogens is 1. The summed E-state index contributed by atoms with van der Waals surface area (Å²) in [5, 5.41) is 7.53. The molecular weight excluding hydrogens is 384 g/mol. The molecule has 2 amide bonds. The lowest BCUT2D eigenvalue weighted by atomic mass is 9.93. The van der Waals surface area contributed by atoms with Gasteiger partial charge >= 0.3 is 0 Å². The van der Waals surface area contributed by atoms with E-state index in [0.717, 1.165) is 37.9 Å². The van der Waals surface area contributed by atoms with E-state index in [1.807, 2.05) is 10.3 Å². The van der Waals surface area contributed by atoms with Gasteiger partial charge in [0.25, 0.3) is 11.8 Å². The van der Waals surface area contributed by atoms with Crippen molar-refractivity contribution in [3.63, 3.8) is 0 Å². The Morgan fingerprint density at radius 1 is 1.30 bits per heavy atom. The SMILES string of the molecule is Cl.NC(=O)c1ccc(C(=O)N(Cc2ccsc2)C2CC23CCNCC3)cn1. The predicted molar refractivity (Wildman–Crippen MR) is 107 cm³/mol. The number of carbonyl (C=O) groups is 2. The minimum Gasteiger partial charge on any atom is -0.364 e. The van der Waals surface area contributed by atoms with Gasteiger partial charge < -0.3 is 16.0 Å². The molecule has 1 unspecified atom stereocenters. The van der Waals surface area contributed by atoms with Crippen molar-refractivity contribution in [1.29, 1.82) is 0 Å². The highest BCUT2D eigenvalue weighted by Crippen LogP contribution is 2.56. The fourth-order valence-corrected chi connectivity index (χ4v) is 4.62. The molecule has 1 spiro atoms. The molecule has 2 aromatic rings. The van der Waals surface area contributed by atoms with Crippen molar-refractivity contribution in [2.45, 2.75) is 31.8 Å². The van der Waals surface area contributed by atoms with Gasteiger partial charge in [0.15, 0.2) is 0 Å². The predicted octanol–water partition coefficient (Wildman–Crippen LogP) is 2.45. The standard InChI is InChI=1S/C19H22N4O2S.ClH/c20-17(24)15-2-1-14(10-22-15)18(25)23(11-13-3-8-26-12-13)16-9-19(16)4-6-21-7-5-19;/h1-3,8,10,12,16,21H,4-7,9,11H2,(H2,20,24);1H. The quantitative estimate of drug-likeness (QED) is 0.798. The van der Waals surface area contributed by atoms with Crippen LogP contribution in [0.2, 0.25) is 0 Å². The first-order valence-electron chi connectivity index (χ1n) is 8.88. The molecule has 0 aromatic carbocycles. The minimum absolute atomic E-state index is 0. The molecule has 1 saturated carbocycles. The number of nitrogens with two attached hydrogens (primary N) is 1. The Labute approximate surface area is 168 Å². The highest BCUT2D eigenvalue weighted by Gasteiger charge is 2.57. The van der Waals surface area contributed by atoms with Gasteiger partial charge in [-0.2, -0.15) is 11.3 Å². The van der Waals surface area contributed by atoms with Crippen LogP contribution in [0, 0.1) is 5.41 Å². The Morgan fingerprint density at radius 3 is 2.67 bits per heavy atom.